The Bertz CT molecular complexity index is 729. The van der Waals surface area contributed by atoms with Crippen LogP contribution in [-0.2, 0) is 6.42 Å². The van der Waals surface area contributed by atoms with E-state index in [1.807, 2.05) is 6.07 Å². The molecule has 0 saturated carbocycles. The zero-order chi connectivity index (χ0) is 14.1. The van der Waals surface area contributed by atoms with Gasteiger partial charge >= 0.3 is 0 Å². The van der Waals surface area contributed by atoms with Crippen molar-refractivity contribution in [1.29, 1.82) is 0 Å². The van der Waals surface area contributed by atoms with Crippen molar-refractivity contribution in [2.75, 3.05) is 5.73 Å². The molecule has 2 aromatic carbocycles. The summed E-state index contributed by atoms with van der Waals surface area (Å²) < 4.78 is 2.13. The second-order valence-electron chi connectivity index (χ2n) is 5.32. The highest BCUT2D eigenvalue weighted by molar-refractivity contribution is 5.81. The Hall–Kier alpha value is -2.29. The molecule has 1 unspecified atom stereocenters. The van der Waals surface area contributed by atoms with Crippen LogP contribution in [0.3, 0.4) is 0 Å². The Morgan fingerprint density at radius 1 is 1.10 bits per heavy atom. The molecule has 3 rings (SSSR count). The van der Waals surface area contributed by atoms with Crippen LogP contribution in [0.4, 0.5) is 5.95 Å². The number of nitrogen functional groups attached to an aromatic ring is 1. The molecule has 0 bridgehead atoms. The lowest BCUT2D eigenvalue weighted by Gasteiger charge is -2.16. The molecule has 1 heterocycles. The molecular weight excluding hydrogens is 246 g/mol. The molecule has 2 N–H and O–H groups in total. The fourth-order valence-electron chi connectivity index (χ4n) is 2.78. The van der Waals surface area contributed by atoms with Gasteiger partial charge in [-0.25, -0.2) is 4.98 Å². The first-order valence-corrected chi connectivity index (χ1v) is 6.94. The van der Waals surface area contributed by atoms with Crippen molar-refractivity contribution < 1.29 is 0 Å². The lowest BCUT2D eigenvalue weighted by atomic mass is 10.1. The van der Waals surface area contributed by atoms with Gasteiger partial charge < -0.3 is 10.3 Å². The number of fused-ring (bicyclic) bond motifs is 1. The molecular formula is C17H19N3. The highest BCUT2D eigenvalue weighted by Crippen LogP contribution is 2.26. The number of imidazole rings is 1. The summed E-state index contributed by atoms with van der Waals surface area (Å²) in [6, 6.07) is 17.0. The molecule has 3 heteroatoms. The van der Waals surface area contributed by atoms with Gasteiger partial charge in [-0.2, -0.15) is 0 Å². The quantitative estimate of drug-likeness (QED) is 0.784. The lowest BCUT2D eigenvalue weighted by Crippen LogP contribution is -2.11. The number of hydrogen-bond acceptors (Lipinski definition) is 2. The van der Waals surface area contributed by atoms with E-state index in [2.05, 4.69) is 65.9 Å². The van der Waals surface area contributed by atoms with E-state index in [1.54, 1.807) is 0 Å². The van der Waals surface area contributed by atoms with E-state index in [9.17, 15) is 0 Å². The third-order valence-corrected chi connectivity index (χ3v) is 3.76. The molecule has 3 aromatic rings. The smallest absolute Gasteiger partial charge is 0.201 e. The molecule has 0 aliphatic carbocycles. The van der Waals surface area contributed by atoms with Crippen LogP contribution in [0.1, 0.15) is 24.1 Å². The fraction of sp³-hybridized carbons (Fsp3) is 0.235. The summed E-state index contributed by atoms with van der Waals surface area (Å²) in [7, 11) is 0. The number of nitrogens with zero attached hydrogens (tertiary/aromatic N) is 2. The molecule has 0 radical (unpaired) electrons. The Morgan fingerprint density at radius 3 is 2.60 bits per heavy atom. The first kappa shape index (κ1) is 12.7. The van der Waals surface area contributed by atoms with Gasteiger partial charge in [0.25, 0.3) is 0 Å². The highest BCUT2D eigenvalue weighted by Gasteiger charge is 2.15. The van der Waals surface area contributed by atoms with Crippen molar-refractivity contribution in [2.24, 2.45) is 0 Å². The average molecular weight is 265 g/mol. The predicted molar refractivity (Wildman–Crippen MR) is 83.7 cm³/mol. The third-order valence-electron chi connectivity index (χ3n) is 3.76. The minimum atomic E-state index is 0.282. The topological polar surface area (TPSA) is 43.8 Å². The molecule has 3 nitrogen and oxygen atoms in total. The maximum atomic E-state index is 6.13. The van der Waals surface area contributed by atoms with E-state index in [-0.39, 0.29) is 6.04 Å². The SMILES string of the molecule is Cc1cccc2c1nc(N)n2C(C)Cc1ccccc1. The van der Waals surface area contributed by atoms with Gasteiger partial charge in [0.2, 0.25) is 5.95 Å². The van der Waals surface area contributed by atoms with Crippen LogP contribution in [0, 0.1) is 6.92 Å². The standard InChI is InChI=1S/C17H19N3/c1-12-7-6-10-15-16(12)19-17(18)20(15)13(2)11-14-8-4-3-5-9-14/h3-10,13H,11H2,1-2H3,(H2,18,19). The van der Waals surface area contributed by atoms with Gasteiger partial charge in [-0.15, -0.1) is 0 Å². The van der Waals surface area contributed by atoms with Crippen molar-refractivity contribution in [3.8, 4) is 0 Å². The highest BCUT2D eigenvalue weighted by atomic mass is 15.2. The minimum absolute atomic E-state index is 0.282. The van der Waals surface area contributed by atoms with E-state index in [4.69, 9.17) is 5.73 Å². The monoisotopic (exact) mass is 265 g/mol. The number of aromatic nitrogens is 2. The molecule has 1 atom stereocenters. The summed E-state index contributed by atoms with van der Waals surface area (Å²) >= 11 is 0. The number of benzene rings is 2. The van der Waals surface area contributed by atoms with Crippen LogP contribution in [0.25, 0.3) is 11.0 Å². The fourth-order valence-corrected chi connectivity index (χ4v) is 2.78. The van der Waals surface area contributed by atoms with Crippen molar-refractivity contribution in [2.45, 2.75) is 26.3 Å². The van der Waals surface area contributed by atoms with Gasteiger partial charge in [0.05, 0.1) is 11.0 Å². The zero-order valence-corrected chi connectivity index (χ0v) is 11.9. The lowest BCUT2D eigenvalue weighted by molar-refractivity contribution is 0.567. The summed E-state index contributed by atoms with van der Waals surface area (Å²) in [5.41, 5.74) is 10.7. The van der Waals surface area contributed by atoms with E-state index in [0.29, 0.717) is 5.95 Å². The number of nitrogens with two attached hydrogens (primary N) is 1. The van der Waals surface area contributed by atoms with Gasteiger partial charge in [0, 0.05) is 6.04 Å². The minimum Gasteiger partial charge on any atom is -0.369 e. The summed E-state index contributed by atoms with van der Waals surface area (Å²) in [5.74, 6) is 0.595. The summed E-state index contributed by atoms with van der Waals surface area (Å²) in [5, 5.41) is 0. The number of aryl methyl sites for hydroxylation is 1. The maximum absolute atomic E-state index is 6.13. The first-order chi connectivity index (χ1) is 9.66. The predicted octanol–water partition coefficient (Wildman–Crippen LogP) is 3.73. The van der Waals surface area contributed by atoms with Crippen LogP contribution >= 0.6 is 0 Å². The number of anilines is 1. The normalized spacial score (nSPS) is 12.7. The van der Waals surface area contributed by atoms with Crippen LogP contribution in [0.2, 0.25) is 0 Å². The van der Waals surface area contributed by atoms with Gasteiger partial charge in [-0.3, -0.25) is 0 Å². The van der Waals surface area contributed by atoms with Crippen LogP contribution in [-0.4, -0.2) is 9.55 Å². The molecule has 0 saturated heterocycles. The Balaban J connectivity index is 2.01. The van der Waals surface area contributed by atoms with Crippen LogP contribution in [0.5, 0.6) is 0 Å². The van der Waals surface area contributed by atoms with E-state index in [0.717, 1.165) is 17.5 Å². The molecule has 0 spiro atoms. The number of hydrogen-bond donors (Lipinski definition) is 1. The first-order valence-electron chi connectivity index (χ1n) is 6.94. The van der Waals surface area contributed by atoms with Gasteiger partial charge in [-0.1, -0.05) is 42.5 Å². The van der Waals surface area contributed by atoms with E-state index >= 15 is 0 Å². The van der Waals surface area contributed by atoms with Crippen molar-refractivity contribution in [3.63, 3.8) is 0 Å². The van der Waals surface area contributed by atoms with E-state index in [1.165, 1.54) is 11.1 Å². The summed E-state index contributed by atoms with van der Waals surface area (Å²) in [6.45, 7) is 4.26. The average Bonchev–Trinajstić information content (AvgIpc) is 2.78. The zero-order valence-electron chi connectivity index (χ0n) is 11.9. The van der Waals surface area contributed by atoms with E-state index < -0.39 is 0 Å². The van der Waals surface area contributed by atoms with Crippen LogP contribution in [0.15, 0.2) is 48.5 Å². The largest absolute Gasteiger partial charge is 0.369 e. The van der Waals surface area contributed by atoms with Crippen molar-refractivity contribution in [1.82, 2.24) is 9.55 Å². The van der Waals surface area contributed by atoms with Gasteiger partial charge in [-0.05, 0) is 37.5 Å². The van der Waals surface area contributed by atoms with Gasteiger partial charge in [0.1, 0.15) is 0 Å². The number of para-hydroxylation sites is 1. The molecule has 1 aromatic heterocycles. The number of rotatable bonds is 3. The molecule has 102 valence electrons. The Labute approximate surface area is 119 Å². The van der Waals surface area contributed by atoms with Gasteiger partial charge in [0.15, 0.2) is 0 Å². The molecule has 0 aliphatic heterocycles. The Kier molecular flexibility index (Phi) is 3.18. The van der Waals surface area contributed by atoms with Crippen LogP contribution < -0.4 is 5.73 Å². The summed E-state index contributed by atoms with van der Waals surface area (Å²) in [6.07, 6.45) is 0.949. The van der Waals surface area contributed by atoms with Crippen molar-refractivity contribution >= 4 is 17.0 Å². The summed E-state index contributed by atoms with van der Waals surface area (Å²) in [4.78, 5) is 4.52. The second-order valence-corrected chi connectivity index (χ2v) is 5.32. The Morgan fingerprint density at radius 2 is 1.85 bits per heavy atom. The molecule has 20 heavy (non-hydrogen) atoms. The molecule has 0 amide bonds. The molecule has 0 fully saturated rings. The second kappa shape index (κ2) is 5.00. The third kappa shape index (κ3) is 2.16. The maximum Gasteiger partial charge on any atom is 0.201 e. The van der Waals surface area contributed by atoms with Crippen molar-refractivity contribution in [3.05, 3.63) is 59.7 Å². The molecule has 0 aliphatic rings.